The van der Waals surface area contributed by atoms with Gasteiger partial charge < -0.3 is 10.2 Å². The largest absolute Gasteiger partial charge is 0.472 e. The van der Waals surface area contributed by atoms with Crippen molar-refractivity contribution in [1.29, 1.82) is 0 Å². The normalized spacial score (nSPS) is 10.4. The van der Waals surface area contributed by atoms with Crippen molar-refractivity contribution in [2.75, 3.05) is 5.73 Å². The molecule has 0 bridgehead atoms. The minimum Gasteiger partial charge on any atom is -0.472 e. The van der Waals surface area contributed by atoms with E-state index in [1.807, 2.05) is 0 Å². The first kappa shape index (κ1) is 9.27. The summed E-state index contributed by atoms with van der Waals surface area (Å²) >= 11 is 3.10. The highest BCUT2D eigenvalue weighted by Crippen LogP contribution is 2.30. The second-order valence-electron chi connectivity index (χ2n) is 2.88. The van der Waals surface area contributed by atoms with Gasteiger partial charge in [-0.2, -0.15) is 0 Å². The Kier molecular flexibility index (Phi) is 2.29. The van der Waals surface area contributed by atoms with Crippen molar-refractivity contribution in [2.24, 2.45) is 0 Å². The van der Waals surface area contributed by atoms with Gasteiger partial charge >= 0.3 is 0 Å². The quantitative estimate of drug-likeness (QED) is 0.794. The molecule has 1 aromatic carbocycles. The molecule has 0 amide bonds. The Morgan fingerprint density at radius 1 is 1.36 bits per heavy atom. The van der Waals surface area contributed by atoms with Crippen LogP contribution in [0, 0.1) is 5.82 Å². The Balaban J connectivity index is 2.64. The van der Waals surface area contributed by atoms with E-state index < -0.39 is 0 Å². The third kappa shape index (κ3) is 1.53. The van der Waals surface area contributed by atoms with E-state index in [1.54, 1.807) is 12.1 Å². The van der Waals surface area contributed by atoms with Crippen LogP contribution < -0.4 is 5.73 Å². The van der Waals surface area contributed by atoms with Gasteiger partial charge in [0.2, 0.25) is 0 Å². The molecule has 0 saturated heterocycles. The zero-order valence-electron chi connectivity index (χ0n) is 7.13. The lowest BCUT2D eigenvalue weighted by Crippen LogP contribution is -1.90. The fourth-order valence-electron chi connectivity index (χ4n) is 1.24. The standard InChI is InChI=1S/C10H7BrFNO/c11-9-4-7(13)3-8(10(9)12)6-1-2-14-5-6/h1-5H,13H2. The van der Waals surface area contributed by atoms with Gasteiger partial charge in [-0.15, -0.1) is 0 Å². The molecule has 2 N–H and O–H groups in total. The maximum atomic E-state index is 13.6. The number of nitrogen functional groups attached to an aromatic ring is 1. The third-order valence-corrected chi connectivity index (χ3v) is 2.46. The molecule has 0 spiro atoms. The van der Waals surface area contributed by atoms with Crippen molar-refractivity contribution in [2.45, 2.75) is 0 Å². The van der Waals surface area contributed by atoms with Crippen molar-refractivity contribution in [3.05, 3.63) is 41.0 Å². The minimum atomic E-state index is -0.333. The molecule has 1 aromatic heterocycles. The molecule has 0 fully saturated rings. The summed E-state index contributed by atoms with van der Waals surface area (Å²) in [6, 6.07) is 4.79. The summed E-state index contributed by atoms with van der Waals surface area (Å²) in [6.45, 7) is 0. The molecule has 72 valence electrons. The Morgan fingerprint density at radius 2 is 2.14 bits per heavy atom. The average Bonchev–Trinajstić information content (AvgIpc) is 2.63. The van der Waals surface area contributed by atoms with Crippen molar-refractivity contribution in [3.8, 4) is 11.1 Å². The van der Waals surface area contributed by atoms with E-state index in [-0.39, 0.29) is 5.82 Å². The first-order chi connectivity index (χ1) is 6.68. The minimum absolute atomic E-state index is 0.333. The number of benzene rings is 1. The predicted molar refractivity (Wildman–Crippen MR) is 56.2 cm³/mol. The van der Waals surface area contributed by atoms with Crippen molar-refractivity contribution in [3.63, 3.8) is 0 Å². The SMILES string of the molecule is Nc1cc(Br)c(F)c(-c2ccoc2)c1. The summed E-state index contributed by atoms with van der Waals surface area (Å²) in [5.41, 5.74) is 7.23. The number of hydrogen-bond donors (Lipinski definition) is 1. The Bertz CT molecular complexity index is 453. The number of furan rings is 1. The molecular weight excluding hydrogens is 249 g/mol. The van der Waals surface area contributed by atoms with Crippen LogP contribution in [0.4, 0.5) is 10.1 Å². The van der Waals surface area contributed by atoms with Crippen molar-refractivity contribution in [1.82, 2.24) is 0 Å². The van der Waals surface area contributed by atoms with Crippen molar-refractivity contribution < 1.29 is 8.81 Å². The topological polar surface area (TPSA) is 39.2 Å². The number of rotatable bonds is 1. The van der Waals surface area contributed by atoms with E-state index in [0.29, 0.717) is 21.3 Å². The lowest BCUT2D eigenvalue weighted by atomic mass is 10.1. The Morgan fingerprint density at radius 3 is 2.79 bits per heavy atom. The summed E-state index contributed by atoms with van der Waals surface area (Å²) in [7, 11) is 0. The van der Waals surface area contributed by atoms with Gasteiger partial charge in [-0.1, -0.05) is 0 Å². The van der Waals surface area contributed by atoms with Gasteiger partial charge in [0, 0.05) is 16.8 Å². The number of hydrogen-bond acceptors (Lipinski definition) is 2. The monoisotopic (exact) mass is 255 g/mol. The lowest BCUT2D eigenvalue weighted by molar-refractivity contribution is 0.567. The van der Waals surface area contributed by atoms with Crippen LogP contribution >= 0.6 is 15.9 Å². The van der Waals surface area contributed by atoms with Gasteiger partial charge in [-0.25, -0.2) is 4.39 Å². The van der Waals surface area contributed by atoms with Gasteiger partial charge in [0.25, 0.3) is 0 Å². The number of halogens is 2. The van der Waals surface area contributed by atoms with Crippen LogP contribution in [0.3, 0.4) is 0 Å². The molecule has 0 radical (unpaired) electrons. The summed E-state index contributed by atoms with van der Waals surface area (Å²) < 4.78 is 18.8. The van der Waals surface area contributed by atoms with Gasteiger partial charge in [-0.3, -0.25) is 0 Å². The number of nitrogens with two attached hydrogens (primary N) is 1. The van der Waals surface area contributed by atoms with Gasteiger partial charge in [0.15, 0.2) is 0 Å². The van der Waals surface area contributed by atoms with Gasteiger partial charge in [0.05, 0.1) is 17.0 Å². The van der Waals surface area contributed by atoms with Crippen LogP contribution in [0.5, 0.6) is 0 Å². The van der Waals surface area contributed by atoms with E-state index in [0.717, 1.165) is 0 Å². The summed E-state index contributed by atoms with van der Waals surface area (Å²) in [5, 5.41) is 0. The molecule has 0 aliphatic rings. The second kappa shape index (κ2) is 3.46. The first-order valence-corrected chi connectivity index (χ1v) is 4.75. The fraction of sp³-hybridized carbons (Fsp3) is 0. The fourth-order valence-corrected chi connectivity index (χ4v) is 1.72. The number of anilines is 1. The highest BCUT2D eigenvalue weighted by Gasteiger charge is 2.10. The zero-order valence-corrected chi connectivity index (χ0v) is 8.71. The average molecular weight is 256 g/mol. The highest BCUT2D eigenvalue weighted by molar-refractivity contribution is 9.10. The maximum absolute atomic E-state index is 13.6. The molecule has 0 aliphatic carbocycles. The highest BCUT2D eigenvalue weighted by atomic mass is 79.9. The summed E-state index contributed by atoms with van der Waals surface area (Å²) in [4.78, 5) is 0. The maximum Gasteiger partial charge on any atom is 0.145 e. The molecule has 14 heavy (non-hydrogen) atoms. The van der Waals surface area contributed by atoms with Crippen LogP contribution in [0.2, 0.25) is 0 Å². The molecule has 0 unspecified atom stereocenters. The van der Waals surface area contributed by atoms with Crippen LogP contribution in [-0.2, 0) is 0 Å². The van der Waals surface area contributed by atoms with Crippen LogP contribution in [0.25, 0.3) is 11.1 Å². The molecule has 0 atom stereocenters. The Hall–Kier alpha value is -1.29. The van der Waals surface area contributed by atoms with E-state index in [9.17, 15) is 4.39 Å². The van der Waals surface area contributed by atoms with E-state index in [2.05, 4.69) is 15.9 Å². The van der Waals surface area contributed by atoms with Crippen LogP contribution in [0.1, 0.15) is 0 Å². The first-order valence-electron chi connectivity index (χ1n) is 3.95. The van der Waals surface area contributed by atoms with Crippen LogP contribution in [-0.4, -0.2) is 0 Å². The smallest absolute Gasteiger partial charge is 0.145 e. The molecule has 0 aliphatic heterocycles. The van der Waals surface area contributed by atoms with E-state index in [4.69, 9.17) is 10.2 Å². The molecule has 1 heterocycles. The molecular formula is C10H7BrFNO. The van der Waals surface area contributed by atoms with Gasteiger partial charge in [-0.05, 0) is 34.1 Å². The van der Waals surface area contributed by atoms with Crippen molar-refractivity contribution >= 4 is 21.6 Å². The van der Waals surface area contributed by atoms with Gasteiger partial charge in [0.1, 0.15) is 5.82 Å². The van der Waals surface area contributed by atoms with Crippen LogP contribution in [0.15, 0.2) is 39.6 Å². The zero-order chi connectivity index (χ0) is 10.1. The molecule has 2 rings (SSSR count). The third-order valence-electron chi connectivity index (χ3n) is 1.88. The molecule has 4 heteroatoms. The van der Waals surface area contributed by atoms with E-state index in [1.165, 1.54) is 18.6 Å². The second-order valence-corrected chi connectivity index (χ2v) is 3.73. The molecule has 0 saturated carbocycles. The lowest BCUT2D eigenvalue weighted by Gasteiger charge is -2.03. The molecule has 2 aromatic rings. The summed E-state index contributed by atoms with van der Waals surface area (Å²) in [5.74, 6) is -0.333. The Labute approximate surface area is 88.7 Å². The summed E-state index contributed by atoms with van der Waals surface area (Å²) in [6.07, 6.45) is 2.97. The molecule has 2 nitrogen and oxygen atoms in total. The van der Waals surface area contributed by atoms with E-state index >= 15 is 0 Å². The predicted octanol–water partition coefficient (Wildman–Crippen LogP) is 3.43.